The number of hydrogen-bond donors (Lipinski definition) is 0. The normalized spacial score (nSPS) is 15.3. The molecule has 1 aromatic heterocycles. The van der Waals surface area contributed by atoms with Gasteiger partial charge in [0, 0.05) is 32.7 Å². The van der Waals surface area contributed by atoms with Crippen LogP contribution in [0.3, 0.4) is 0 Å². The van der Waals surface area contributed by atoms with E-state index in [-0.39, 0.29) is 23.4 Å². The second kappa shape index (κ2) is 10.0. The zero-order valence-corrected chi connectivity index (χ0v) is 17.9. The van der Waals surface area contributed by atoms with Crippen LogP contribution in [0.2, 0.25) is 0 Å². The van der Waals surface area contributed by atoms with Gasteiger partial charge in [0.25, 0.3) is 5.56 Å². The molecule has 1 atom stereocenters. The van der Waals surface area contributed by atoms with Crippen LogP contribution in [-0.4, -0.2) is 40.6 Å². The molecule has 0 saturated heterocycles. The Balaban J connectivity index is 2.06. The molecule has 0 N–H and O–H groups in total. The van der Waals surface area contributed by atoms with Crippen molar-refractivity contribution in [3.8, 4) is 0 Å². The summed E-state index contributed by atoms with van der Waals surface area (Å²) in [6, 6.07) is 7.28. The Hall–Kier alpha value is -2.21. The fourth-order valence-corrected chi connectivity index (χ4v) is 4.11. The largest absolute Gasteiger partial charge is 0.385 e. The molecule has 1 fully saturated rings. The van der Waals surface area contributed by atoms with E-state index in [2.05, 4.69) is 13.8 Å². The van der Waals surface area contributed by atoms with E-state index in [0.29, 0.717) is 36.4 Å². The molecule has 1 aromatic carbocycles. The third-order valence-corrected chi connectivity index (χ3v) is 5.88. The van der Waals surface area contributed by atoms with Gasteiger partial charge in [-0.2, -0.15) is 0 Å². The smallest absolute Gasteiger partial charge is 0.261 e. The standard InChI is InChI=1S/C23H33N3O3/c1-4-14-26-21(24-19-13-7-6-12-18(19)23(26)28)20(5-2)25(15-9-16-29-3)22(27)17-10-8-11-17/h6-7,12-13,17,20H,4-5,8-11,14-16H2,1-3H3. The second-order valence-electron chi connectivity index (χ2n) is 7.87. The van der Waals surface area contributed by atoms with Crippen LogP contribution in [-0.2, 0) is 16.1 Å². The van der Waals surface area contributed by atoms with Crippen molar-refractivity contribution in [1.82, 2.24) is 14.5 Å². The molecule has 0 spiro atoms. The fourth-order valence-electron chi connectivity index (χ4n) is 4.11. The van der Waals surface area contributed by atoms with Crippen molar-refractivity contribution in [2.24, 2.45) is 5.92 Å². The topological polar surface area (TPSA) is 64.4 Å². The maximum Gasteiger partial charge on any atom is 0.261 e. The van der Waals surface area contributed by atoms with E-state index in [9.17, 15) is 9.59 Å². The van der Waals surface area contributed by atoms with Crippen molar-refractivity contribution in [3.63, 3.8) is 0 Å². The first kappa shape index (κ1) is 21.5. The van der Waals surface area contributed by atoms with Crippen LogP contribution in [0, 0.1) is 5.92 Å². The fraction of sp³-hybridized carbons (Fsp3) is 0.609. The number of benzene rings is 1. The first-order valence-corrected chi connectivity index (χ1v) is 10.9. The maximum absolute atomic E-state index is 13.3. The first-order valence-electron chi connectivity index (χ1n) is 10.9. The average Bonchev–Trinajstić information content (AvgIpc) is 2.68. The molecule has 0 bridgehead atoms. The number of para-hydroxylation sites is 1. The van der Waals surface area contributed by atoms with Crippen LogP contribution < -0.4 is 5.56 Å². The molecule has 1 aliphatic rings. The molecule has 3 rings (SSSR count). The number of amides is 1. The maximum atomic E-state index is 13.3. The van der Waals surface area contributed by atoms with Gasteiger partial charge in [-0.15, -0.1) is 0 Å². The summed E-state index contributed by atoms with van der Waals surface area (Å²) in [5, 5.41) is 0.635. The number of ether oxygens (including phenoxy) is 1. The SMILES string of the molecule is CCCn1c(C(CC)N(CCCOC)C(=O)C2CCC2)nc2ccccc2c1=O. The summed E-state index contributed by atoms with van der Waals surface area (Å²) < 4.78 is 7.01. The van der Waals surface area contributed by atoms with Crippen LogP contribution in [0.15, 0.2) is 29.1 Å². The zero-order valence-electron chi connectivity index (χ0n) is 17.9. The van der Waals surface area contributed by atoms with Gasteiger partial charge in [-0.1, -0.05) is 32.4 Å². The van der Waals surface area contributed by atoms with Crippen LogP contribution in [0.25, 0.3) is 10.9 Å². The molecule has 6 nitrogen and oxygen atoms in total. The summed E-state index contributed by atoms with van der Waals surface area (Å²) in [5.74, 6) is 1.02. The number of aromatic nitrogens is 2. The molecule has 158 valence electrons. The van der Waals surface area contributed by atoms with Gasteiger partial charge in [0.2, 0.25) is 5.91 Å². The van der Waals surface area contributed by atoms with Gasteiger partial charge >= 0.3 is 0 Å². The van der Waals surface area contributed by atoms with Gasteiger partial charge in [-0.05, 0) is 44.2 Å². The molecule has 1 amide bonds. The Labute approximate surface area is 172 Å². The molecule has 1 heterocycles. The molecular formula is C23H33N3O3. The quantitative estimate of drug-likeness (QED) is 0.568. The molecule has 0 aliphatic heterocycles. The molecule has 2 aromatic rings. The monoisotopic (exact) mass is 399 g/mol. The van der Waals surface area contributed by atoms with Gasteiger partial charge in [0.05, 0.1) is 16.9 Å². The van der Waals surface area contributed by atoms with E-state index in [1.165, 1.54) is 0 Å². The van der Waals surface area contributed by atoms with E-state index in [4.69, 9.17) is 9.72 Å². The highest BCUT2D eigenvalue weighted by molar-refractivity contribution is 5.80. The third kappa shape index (κ3) is 4.53. The summed E-state index contributed by atoms with van der Waals surface area (Å²) in [7, 11) is 1.68. The Morgan fingerprint density at radius 1 is 1.31 bits per heavy atom. The summed E-state index contributed by atoms with van der Waals surface area (Å²) in [4.78, 5) is 33.4. The predicted octanol–water partition coefficient (Wildman–Crippen LogP) is 3.92. The van der Waals surface area contributed by atoms with E-state index >= 15 is 0 Å². The average molecular weight is 400 g/mol. The molecule has 1 saturated carbocycles. The minimum atomic E-state index is -0.205. The number of hydrogen-bond acceptors (Lipinski definition) is 4. The van der Waals surface area contributed by atoms with Crippen molar-refractivity contribution in [3.05, 3.63) is 40.4 Å². The minimum Gasteiger partial charge on any atom is -0.385 e. The van der Waals surface area contributed by atoms with Gasteiger partial charge in [-0.3, -0.25) is 14.2 Å². The highest BCUT2D eigenvalue weighted by Crippen LogP contribution is 2.33. The Bertz CT molecular complexity index is 889. The third-order valence-electron chi connectivity index (χ3n) is 5.88. The first-order chi connectivity index (χ1) is 14.1. The lowest BCUT2D eigenvalue weighted by Gasteiger charge is -2.37. The summed E-state index contributed by atoms with van der Waals surface area (Å²) in [6.07, 6.45) is 5.38. The van der Waals surface area contributed by atoms with Crippen LogP contribution >= 0.6 is 0 Å². The Morgan fingerprint density at radius 3 is 2.69 bits per heavy atom. The van der Waals surface area contributed by atoms with Crippen LogP contribution in [0.4, 0.5) is 0 Å². The molecule has 1 unspecified atom stereocenters. The number of methoxy groups -OCH3 is 1. The number of carbonyl (C=O) groups is 1. The van der Waals surface area contributed by atoms with Crippen molar-refractivity contribution in [2.45, 2.75) is 65.0 Å². The Kier molecular flexibility index (Phi) is 7.42. The number of carbonyl (C=O) groups excluding carboxylic acids is 1. The summed E-state index contributed by atoms with van der Waals surface area (Å²) in [5.41, 5.74) is 0.685. The number of fused-ring (bicyclic) bond motifs is 1. The van der Waals surface area contributed by atoms with Crippen molar-refractivity contribution < 1.29 is 9.53 Å². The highest BCUT2D eigenvalue weighted by Gasteiger charge is 2.34. The second-order valence-corrected chi connectivity index (χ2v) is 7.87. The minimum absolute atomic E-state index is 0.0150. The molecular weight excluding hydrogens is 366 g/mol. The highest BCUT2D eigenvalue weighted by atomic mass is 16.5. The van der Waals surface area contributed by atoms with Crippen molar-refractivity contribution >= 4 is 16.8 Å². The molecule has 0 radical (unpaired) electrons. The lowest BCUT2D eigenvalue weighted by Crippen LogP contribution is -2.44. The van der Waals surface area contributed by atoms with Gasteiger partial charge in [0.1, 0.15) is 5.82 Å². The van der Waals surface area contributed by atoms with Crippen LogP contribution in [0.1, 0.15) is 64.2 Å². The van der Waals surface area contributed by atoms with Gasteiger partial charge < -0.3 is 9.64 Å². The van der Waals surface area contributed by atoms with Crippen molar-refractivity contribution in [1.29, 1.82) is 0 Å². The summed E-state index contributed by atoms with van der Waals surface area (Å²) >= 11 is 0. The predicted molar refractivity (Wildman–Crippen MR) is 115 cm³/mol. The number of rotatable bonds is 10. The molecule has 6 heteroatoms. The van der Waals surface area contributed by atoms with E-state index in [1.807, 2.05) is 29.2 Å². The van der Waals surface area contributed by atoms with Crippen molar-refractivity contribution in [2.75, 3.05) is 20.3 Å². The van der Waals surface area contributed by atoms with Crippen LogP contribution in [0.5, 0.6) is 0 Å². The Morgan fingerprint density at radius 2 is 2.07 bits per heavy atom. The molecule has 1 aliphatic carbocycles. The van der Waals surface area contributed by atoms with E-state index in [1.54, 1.807) is 11.7 Å². The lowest BCUT2D eigenvalue weighted by molar-refractivity contribution is -0.141. The van der Waals surface area contributed by atoms with Gasteiger partial charge in [0.15, 0.2) is 0 Å². The number of nitrogens with zero attached hydrogens (tertiary/aromatic N) is 3. The van der Waals surface area contributed by atoms with E-state index in [0.717, 1.165) is 38.5 Å². The van der Waals surface area contributed by atoms with E-state index < -0.39 is 0 Å². The molecule has 29 heavy (non-hydrogen) atoms. The van der Waals surface area contributed by atoms with Gasteiger partial charge in [-0.25, -0.2) is 4.98 Å². The summed E-state index contributed by atoms with van der Waals surface area (Å²) in [6.45, 7) is 5.96. The zero-order chi connectivity index (χ0) is 20.8. The lowest BCUT2D eigenvalue weighted by atomic mass is 9.84.